The van der Waals surface area contributed by atoms with Crippen molar-refractivity contribution in [2.24, 2.45) is 5.73 Å². The van der Waals surface area contributed by atoms with Gasteiger partial charge >= 0.3 is 0 Å². The van der Waals surface area contributed by atoms with E-state index in [1.807, 2.05) is 18.2 Å². The number of nitrogens with two attached hydrogens (primary N) is 1. The van der Waals surface area contributed by atoms with Crippen LogP contribution >= 0.6 is 11.6 Å². The molecule has 0 spiro atoms. The maximum atomic E-state index is 9.80. The smallest absolute Gasteiger partial charge is 0.123 e. The number of hydrogen-bond acceptors (Lipinski definition) is 2. The zero-order valence-corrected chi connectivity index (χ0v) is 8.96. The van der Waals surface area contributed by atoms with Crippen molar-refractivity contribution in [2.45, 2.75) is 6.42 Å². The fraction of sp³-hybridized carbons (Fsp3) is 0.167. The van der Waals surface area contributed by atoms with Crippen molar-refractivity contribution in [3.63, 3.8) is 0 Å². The van der Waals surface area contributed by atoms with E-state index in [2.05, 4.69) is 0 Å². The van der Waals surface area contributed by atoms with Crippen LogP contribution in [0.15, 0.2) is 30.3 Å². The van der Waals surface area contributed by atoms with Gasteiger partial charge in [-0.25, -0.2) is 0 Å². The fourth-order valence-electron chi connectivity index (χ4n) is 1.68. The Bertz CT molecular complexity index is 496. The number of phenolic OH excluding ortho intramolecular Hbond substituents is 1. The van der Waals surface area contributed by atoms with Crippen LogP contribution in [0, 0.1) is 0 Å². The molecule has 0 fully saturated rings. The molecule has 2 aromatic rings. The highest BCUT2D eigenvalue weighted by Crippen LogP contribution is 2.29. The van der Waals surface area contributed by atoms with E-state index in [1.165, 1.54) is 0 Å². The van der Waals surface area contributed by atoms with Gasteiger partial charge in [-0.2, -0.15) is 0 Å². The van der Waals surface area contributed by atoms with Gasteiger partial charge in [-0.1, -0.05) is 23.7 Å². The van der Waals surface area contributed by atoms with Crippen LogP contribution in [0.2, 0.25) is 5.02 Å². The van der Waals surface area contributed by atoms with E-state index >= 15 is 0 Å². The van der Waals surface area contributed by atoms with Crippen LogP contribution in [0.3, 0.4) is 0 Å². The summed E-state index contributed by atoms with van der Waals surface area (Å²) in [6.45, 7) is 0.582. The standard InChI is InChI=1S/C12H12ClNO/c13-10-2-1-9-5-8(3-4-14)6-12(15)11(9)7-10/h1-2,5-7,15H,3-4,14H2. The van der Waals surface area contributed by atoms with Crippen LogP contribution < -0.4 is 5.73 Å². The molecule has 78 valence electrons. The van der Waals surface area contributed by atoms with E-state index in [0.717, 1.165) is 22.8 Å². The largest absolute Gasteiger partial charge is 0.507 e. The molecule has 0 aromatic heterocycles. The van der Waals surface area contributed by atoms with E-state index in [1.54, 1.807) is 12.1 Å². The zero-order valence-electron chi connectivity index (χ0n) is 8.20. The first kappa shape index (κ1) is 10.3. The third-order valence-corrected chi connectivity index (χ3v) is 2.62. The lowest BCUT2D eigenvalue weighted by Gasteiger charge is -2.05. The number of hydrogen-bond donors (Lipinski definition) is 2. The van der Waals surface area contributed by atoms with Gasteiger partial charge in [0.2, 0.25) is 0 Å². The minimum atomic E-state index is 0.262. The maximum absolute atomic E-state index is 9.80. The zero-order chi connectivity index (χ0) is 10.8. The summed E-state index contributed by atoms with van der Waals surface area (Å²) < 4.78 is 0. The average Bonchev–Trinajstić information content (AvgIpc) is 2.20. The molecule has 0 aliphatic heterocycles. The molecule has 0 saturated carbocycles. The van der Waals surface area contributed by atoms with Crippen molar-refractivity contribution in [3.8, 4) is 5.75 Å². The summed E-state index contributed by atoms with van der Waals surface area (Å²) in [5.74, 6) is 0.262. The molecule has 0 aliphatic rings. The molecule has 2 rings (SSSR count). The van der Waals surface area contributed by atoms with Gasteiger partial charge in [0, 0.05) is 10.4 Å². The van der Waals surface area contributed by atoms with Crippen LogP contribution in [-0.4, -0.2) is 11.7 Å². The Labute approximate surface area is 93.3 Å². The summed E-state index contributed by atoms with van der Waals surface area (Å²) in [5.41, 5.74) is 6.52. The molecule has 2 nitrogen and oxygen atoms in total. The summed E-state index contributed by atoms with van der Waals surface area (Å²) in [7, 11) is 0. The van der Waals surface area contributed by atoms with E-state index in [9.17, 15) is 5.11 Å². The molecule has 0 unspecified atom stereocenters. The van der Waals surface area contributed by atoms with E-state index < -0.39 is 0 Å². The van der Waals surface area contributed by atoms with Crippen molar-refractivity contribution >= 4 is 22.4 Å². The van der Waals surface area contributed by atoms with Crippen LogP contribution in [-0.2, 0) is 6.42 Å². The summed E-state index contributed by atoms with van der Waals surface area (Å²) in [6.07, 6.45) is 0.770. The highest BCUT2D eigenvalue weighted by atomic mass is 35.5. The SMILES string of the molecule is NCCc1cc(O)c2cc(Cl)ccc2c1. The topological polar surface area (TPSA) is 46.2 Å². The normalized spacial score (nSPS) is 10.8. The quantitative estimate of drug-likeness (QED) is 0.819. The predicted molar refractivity (Wildman–Crippen MR) is 63.4 cm³/mol. The Morgan fingerprint density at radius 2 is 2.00 bits per heavy atom. The lowest BCUT2D eigenvalue weighted by Crippen LogP contribution is -2.02. The van der Waals surface area contributed by atoms with E-state index in [-0.39, 0.29) is 5.75 Å². The van der Waals surface area contributed by atoms with Gasteiger partial charge in [0.25, 0.3) is 0 Å². The van der Waals surface area contributed by atoms with Gasteiger partial charge < -0.3 is 10.8 Å². The van der Waals surface area contributed by atoms with Crippen LogP contribution in [0.5, 0.6) is 5.75 Å². The average molecular weight is 222 g/mol. The van der Waals surface area contributed by atoms with Gasteiger partial charge in [-0.3, -0.25) is 0 Å². The Hall–Kier alpha value is -1.25. The molecule has 15 heavy (non-hydrogen) atoms. The Morgan fingerprint density at radius 1 is 1.20 bits per heavy atom. The Kier molecular flexibility index (Phi) is 2.80. The highest BCUT2D eigenvalue weighted by Gasteiger charge is 2.03. The lowest BCUT2D eigenvalue weighted by atomic mass is 10.0. The molecule has 0 bridgehead atoms. The van der Waals surface area contributed by atoms with Crippen molar-refractivity contribution < 1.29 is 5.11 Å². The monoisotopic (exact) mass is 221 g/mol. The molecule has 2 aromatic carbocycles. The van der Waals surface area contributed by atoms with Crippen molar-refractivity contribution in [2.75, 3.05) is 6.54 Å². The molecule has 0 radical (unpaired) electrons. The number of rotatable bonds is 2. The van der Waals surface area contributed by atoms with Crippen molar-refractivity contribution in [1.82, 2.24) is 0 Å². The molecule has 3 N–H and O–H groups in total. The Balaban J connectivity index is 2.62. The second kappa shape index (κ2) is 4.09. The molecular formula is C12H12ClNO. The minimum Gasteiger partial charge on any atom is -0.507 e. The lowest BCUT2D eigenvalue weighted by molar-refractivity contribution is 0.481. The van der Waals surface area contributed by atoms with Crippen molar-refractivity contribution in [3.05, 3.63) is 40.9 Å². The number of phenols is 1. The summed E-state index contributed by atoms with van der Waals surface area (Å²) in [5, 5.41) is 12.2. The first-order valence-corrected chi connectivity index (χ1v) is 5.20. The third-order valence-electron chi connectivity index (χ3n) is 2.39. The highest BCUT2D eigenvalue weighted by molar-refractivity contribution is 6.31. The van der Waals surface area contributed by atoms with Crippen LogP contribution in [0.25, 0.3) is 10.8 Å². The van der Waals surface area contributed by atoms with Gasteiger partial charge in [0.15, 0.2) is 0 Å². The Morgan fingerprint density at radius 3 is 2.73 bits per heavy atom. The number of fused-ring (bicyclic) bond motifs is 1. The second-order valence-corrected chi connectivity index (χ2v) is 3.96. The minimum absolute atomic E-state index is 0.262. The first-order valence-electron chi connectivity index (χ1n) is 4.82. The first-order chi connectivity index (χ1) is 7.20. The van der Waals surface area contributed by atoms with Gasteiger partial charge in [0.05, 0.1) is 0 Å². The van der Waals surface area contributed by atoms with E-state index in [4.69, 9.17) is 17.3 Å². The molecule has 0 amide bonds. The van der Waals surface area contributed by atoms with Crippen molar-refractivity contribution in [1.29, 1.82) is 0 Å². The molecule has 0 atom stereocenters. The van der Waals surface area contributed by atoms with Gasteiger partial charge in [-0.15, -0.1) is 0 Å². The van der Waals surface area contributed by atoms with Crippen LogP contribution in [0.1, 0.15) is 5.56 Å². The maximum Gasteiger partial charge on any atom is 0.123 e. The summed E-state index contributed by atoms with van der Waals surface area (Å²) in [6, 6.07) is 9.25. The molecule has 0 saturated heterocycles. The third kappa shape index (κ3) is 2.06. The molecule has 0 heterocycles. The van der Waals surface area contributed by atoms with Gasteiger partial charge in [0.1, 0.15) is 5.75 Å². The predicted octanol–water partition coefficient (Wildman–Crippen LogP) is 2.70. The summed E-state index contributed by atoms with van der Waals surface area (Å²) >= 11 is 5.86. The fourth-order valence-corrected chi connectivity index (χ4v) is 1.85. The molecule has 3 heteroatoms. The molecule has 0 aliphatic carbocycles. The van der Waals surface area contributed by atoms with Gasteiger partial charge in [-0.05, 0) is 42.1 Å². The number of benzene rings is 2. The van der Waals surface area contributed by atoms with E-state index in [0.29, 0.717) is 11.6 Å². The number of aromatic hydroxyl groups is 1. The summed E-state index contributed by atoms with van der Waals surface area (Å²) in [4.78, 5) is 0. The molecular weight excluding hydrogens is 210 g/mol. The number of halogens is 1. The van der Waals surface area contributed by atoms with Crippen LogP contribution in [0.4, 0.5) is 0 Å². The second-order valence-electron chi connectivity index (χ2n) is 3.52.